The van der Waals surface area contributed by atoms with E-state index >= 15 is 0 Å². The summed E-state index contributed by atoms with van der Waals surface area (Å²) in [5.41, 5.74) is 0.000576. The van der Waals surface area contributed by atoms with E-state index in [1.54, 1.807) is 24.3 Å². The van der Waals surface area contributed by atoms with Crippen LogP contribution in [0.4, 0.5) is 15.8 Å². The molecule has 0 saturated carbocycles. The molecule has 26 heavy (non-hydrogen) atoms. The summed E-state index contributed by atoms with van der Waals surface area (Å²) < 4.78 is 18.5. The molecule has 0 aliphatic carbocycles. The first-order valence-electron chi connectivity index (χ1n) is 7.42. The van der Waals surface area contributed by atoms with Gasteiger partial charge in [-0.15, -0.1) is 0 Å². The average molecular weight is 378 g/mol. The molecule has 2 rings (SSSR count). The van der Waals surface area contributed by atoms with Crippen molar-refractivity contribution >= 4 is 28.9 Å². The van der Waals surface area contributed by atoms with Crippen LogP contribution < -0.4 is 9.64 Å². The van der Waals surface area contributed by atoms with Crippen molar-refractivity contribution in [2.45, 2.75) is 6.42 Å². The quantitative estimate of drug-likeness (QED) is 0.541. The van der Waals surface area contributed by atoms with Crippen molar-refractivity contribution in [1.29, 1.82) is 5.26 Å². The SMILES string of the molecule is N#CCCN(C(=O)COc1cc(F)ccc1[N+](=O)[O-])c1cccc(Cl)c1. The van der Waals surface area contributed by atoms with Crippen molar-refractivity contribution in [1.82, 2.24) is 0 Å². The highest BCUT2D eigenvalue weighted by Crippen LogP contribution is 2.28. The summed E-state index contributed by atoms with van der Waals surface area (Å²) in [5, 5.41) is 20.1. The molecule has 0 bridgehead atoms. The molecule has 0 aromatic heterocycles. The number of benzene rings is 2. The molecule has 1 amide bonds. The molecule has 2 aromatic rings. The summed E-state index contributed by atoms with van der Waals surface area (Å²) in [6.07, 6.45) is 0.0678. The molecule has 9 heteroatoms. The Balaban J connectivity index is 2.19. The number of anilines is 1. The summed E-state index contributed by atoms with van der Waals surface area (Å²) in [6, 6.07) is 11.1. The van der Waals surface area contributed by atoms with Crippen molar-refractivity contribution in [2.24, 2.45) is 0 Å². The van der Waals surface area contributed by atoms with Gasteiger partial charge in [-0.1, -0.05) is 17.7 Å². The Kier molecular flexibility index (Phi) is 6.47. The third-order valence-electron chi connectivity index (χ3n) is 3.34. The predicted octanol–water partition coefficient (Wildman–Crippen LogP) is 3.71. The Morgan fingerprint density at radius 2 is 2.12 bits per heavy atom. The van der Waals surface area contributed by atoms with Gasteiger partial charge in [-0.05, 0) is 24.3 Å². The Hall–Kier alpha value is -3.18. The van der Waals surface area contributed by atoms with E-state index in [1.807, 2.05) is 6.07 Å². The number of hydrogen-bond acceptors (Lipinski definition) is 5. The van der Waals surface area contributed by atoms with E-state index in [0.717, 1.165) is 18.2 Å². The molecule has 134 valence electrons. The topological polar surface area (TPSA) is 96.5 Å². The van der Waals surface area contributed by atoms with Crippen molar-refractivity contribution in [3.8, 4) is 11.8 Å². The Morgan fingerprint density at radius 1 is 1.35 bits per heavy atom. The van der Waals surface area contributed by atoms with Gasteiger partial charge in [0, 0.05) is 29.4 Å². The van der Waals surface area contributed by atoms with Crippen LogP contribution in [0.3, 0.4) is 0 Å². The highest BCUT2D eigenvalue weighted by molar-refractivity contribution is 6.30. The van der Waals surface area contributed by atoms with Crippen LogP contribution in [0.25, 0.3) is 0 Å². The lowest BCUT2D eigenvalue weighted by Gasteiger charge is -2.22. The molecule has 7 nitrogen and oxygen atoms in total. The minimum absolute atomic E-state index is 0.0678. The minimum Gasteiger partial charge on any atom is -0.477 e. The summed E-state index contributed by atoms with van der Waals surface area (Å²) >= 11 is 5.92. The standard InChI is InChI=1S/C17H13ClFN3O4/c18-12-3-1-4-14(9-12)21(8-2-7-20)17(23)11-26-16-10-13(19)5-6-15(16)22(24)25/h1,3-6,9-10H,2,8,11H2. The van der Waals surface area contributed by atoms with Gasteiger partial charge in [-0.2, -0.15) is 5.26 Å². The second-order valence-corrected chi connectivity index (χ2v) is 5.53. The zero-order valence-corrected chi connectivity index (χ0v) is 14.1. The number of nitro benzene ring substituents is 1. The third-order valence-corrected chi connectivity index (χ3v) is 3.57. The van der Waals surface area contributed by atoms with Crippen LogP contribution in [-0.2, 0) is 4.79 Å². The second kappa shape index (κ2) is 8.78. The average Bonchev–Trinajstić information content (AvgIpc) is 2.60. The van der Waals surface area contributed by atoms with Gasteiger partial charge in [0.25, 0.3) is 5.91 Å². The van der Waals surface area contributed by atoms with Crippen molar-refractivity contribution in [3.05, 3.63) is 63.4 Å². The number of amides is 1. The monoisotopic (exact) mass is 377 g/mol. The lowest BCUT2D eigenvalue weighted by Crippen LogP contribution is -2.35. The van der Waals surface area contributed by atoms with Crippen LogP contribution in [0.2, 0.25) is 5.02 Å². The molecule has 0 aliphatic rings. The first-order valence-corrected chi connectivity index (χ1v) is 7.80. The summed E-state index contributed by atoms with van der Waals surface area (Å²) in [5.74, 6) is -1.63. The van der Waals surface area contributed by atoms with Crippen molar-refractivity contribution in [2.75, 3.05) is 18.1 Å². The van der Waals surface area contributed by atoms with Crippen LogP contribution in [0.15, 0.2) is 42.5 Å². The van der Waals surface area contributed by atoms with Crippen molar-refractivity contribution in [3.63, 3.8) is 0 Å². The molecule has 0 aliphatic heterocycles. The highest BCUT2D eigenvalue weighted by Gasteiger charge is 2.20. The first-order chi connectivity index (χ1) is 12.4. The van der Waals surface area contributed by atoms with Crippen LogP contribution in [-0.4, -0.2) is 24.0 Å². The van der Waals surface area contributed by atoms with E-state index < -0.39 is 28.9 Å². The van der Waals surface area contributed by atoms with E-state index in [9.17, 15) is 19.3 Å². The first kappa shape index (κ1) is 19.1. The largest absolute Gasteiger partial charge is 0.477 e. The van der Waals surface area contributed by atoms with Gasteiger partial charge in [-0.3, -0.25) is 14.9 Å². The van der Waals surface area contributed by atoms with Gasteiger partial charge >= 0.3 is 5.69 Å². The van der Waals surface area contributed by atoms with Gasteiger partial charge < -0.3 is 9.64 Å². The molecule has 0 radical (unpaired) electrons. The van der Waals surface area contributed by atoms with E-state index in [2.05, 4.69) is 0 Å². The van der Waals surface area contributed by atoms with Crippen LogP contribution in [0.5, 0.6) is 5.75 Å². The maximum Gasteiger partial charge on any atom is 0.311 e. The zero-order chi connectivity index (χ0) is 19.1. The lowest BCUT2D eigenvalue weighted by molar-refractivity contribution is -0.385. The number of nitro groups is 1. The summed E-state index contributed by atoms with van der Waals surface area (Å²) in [4.78, 5) is 24.0. The fraction of sp³-hybridized carbons (Fsp3) is 0.176. The molecule has 0 heterocycles. The smallest absolute Gasteiger partial charge is 0.311 e. The number of carbonyl (C=O) groups excluding carboxylic acids is 1. The number of nitriles is 1. The van der Waals surface area contributed by atoms with Gasteiger partial charge in [0.1, 0.15) is 5.82 Å². The number of carbonyl (C=O) groups is 1. The summed E-state index contributed by atoms with van der Waals surface area (Å²) in [6.45, 7) is -0.480. The normalized spacial score (nSPS) is 10.0. The van der Waals surface area contributed by atoms with Crippen LogP contribution in [0, 0.1) is 27.3 Å². The molecule has 0 N–H and O–H groups in total. The maximum absolute atomic E-state index is 13.3. The van der Waals surface area contributed by atoms with Crippen molar-refractivity contribution < 1.29 is 18.8 Å². The van der Waals surface area contributed by atoms with Gasteiger partial charge in [0.05, 0.1) is 17.4 Å². The summed E-state index contributed by atoms with van der Waals surface area (Å²) in [7, 11) is 0. The van der Waals surface area contributed by atoms with Crippen LogP contribution >= 0.6 is 11.6 Å². The maximum atomic E-state index is 13.3. The minimum atomic E-state index is -0.732. The zero-order valence-electron chi connectivity index (χ0n) is 13.4. The molecular weight excluding hydrogens is 365 g/mol. The molecule has 0 saturated heterocycles. The second-order valence-electron chi connectivity index (χ2n) is 5.09. The van der Waals surface area contributed by atoms with Gasteiger partial charge in [-0.25, -0.2) is 4.39 Å². The van der Waals surface area contributed by atoms with E-state index in [1.165, 1.54) is 4.90 Å². The molecule has 0 spiro atoms. The predicted molar refractivity (Wildman–Crippen MR) is 92.6 cm³/mol. The van der Waals surface area contributed by atoms with Gasteiger partial charge in [0.15, 0.2) is 6.61 Å². The molecule has 0 unspecified atom stereocenters. The number of rotatable bonds is 7. The number of ether oxygens (including phenoxy) is 1. The molecule has 0 fully saturated rings. The fourth-order valence-electron chi connectivity index (χ4n) is 2.18. The molecule has 0 atom stereocenters. The molecule has 2 aromatic carbocycles. The van der Waals surface area contributed by atoms with E-state index in [-0.39, 0.29) is 18.7 Å². The number of halogens is 2. The highest BCUT2D eigenvalue weighted by atomic mass is 35.5. The third kappa shape index (κ3) is 4.91. The Labute approximate surface area is 153 Å². The van der Waals surface area contributed by atoms with E-state index in [4.69, 9.17) is 21.6 Å². The number of nitrogens with zero attached hydrogens (tertiary/aromatic N) is 3. The van der Waals surface area contributed by atoms with E-state index in [0.29, 0.717) is 10.7 Å². The Morgan fingerprint density at radius 3 is 2.77 bits per heavy atom. The lowest BCUT2D eigenvalue weighted by atomic mass is 10.2. The number of hydrogen-bond donors (Lipinski definition) is 0. The molecular formula is C17H13ClFN3O4. The Bertz CT molecular complexity index is 869. The van der Waals surface area contributed by atoms with Crippen LogP contribution in [0.1, 0.15) is 6.42 Å². The van der Waals surface area contributed by atoms with Gasteiger partial charge in [0.2, 0.25) is 5.75 Å². The fourth-order valence-corrected chi connectivity index (χ4v) is 2.36.